The van der Waals surface area contributed by atoms with Crippen molar-refractivity contribution in [3.05, 3.63) is 34.9 Å². The molecule has 6 heteroatoms. The lowest BCUT2D eigenvalue weighted by atomic mass is 10.2. The molecular weight excluding hydrogens is 266 g/mol. The van der Waals surface area contributed by atoms with E-state index in [9.17, 15) is 9.59 Å². The molecule has 0 bridgehead atoms. The Morgan fingerprint density at radius 3 is 2.63 bits per heavy atom. The molecule has 0 heterocycles. The number of carbonyl (C=O) groups is 2. The van der Waals surface area contributed by atoms with E-state index in [0.29, 0.717) is 11.6 Å². The van der Waals surface area contributed by atoms with Crippen molar-refractivity contribution >= 4 is 23.5 Å². The molecule has 19 heavy (non-hydrogen) atoms. The summed E-state index contributed by atoms with van der Waals surface area (Å²) in [6.45, 7) is 0.313. The van der Waals surface area contributed by atoms with E-state index in [0.717, 1.165) is 18.4 Å². The fourth-order valence-electron chi connectivity index (χ4n) is 1.52. The third kappa shape index (κ3) is 4.79. The van der Waals surface area contributed by atoms with Gasteiger partial charge in [-0.05, 0) is 24.5 Å². The standard InChI is InChI=1S/C13H16ClN3O2/c14-11-4-2-1-3-9(11)7-15-12(18)8-16-13(19)17-10-5-6-10/h1-4,10H,5-8H2,(H,15,18)(H2,16,17,19). The lowest BCUT2D eigenvalue weighted by Gasteiger charge is -2.08. The Morgan fingerprint density at radius 1 is 1.21 bits per heavy atom. The molecule has 1 aromatic rings. The Kier molecular flexibility index (Phi) is 4.63. The molecule has 0 aromatic heterocycles. The minimum absolute atomic E-state index is 0.0387. The molecule has 1 aliphatic rings. The Bertz CT molecular complexity index is 475. The third-order valence-electron chi connectivity index (χ3n) is 2.76. The quantitative estimate of drug-likeness (QED) is 0.764. The second-order valence-corrected chi connectivity index (χ2v) is 4.88. The number of amides is 3. The molecule has 2 rings (SSSR count). The minimum Gasteiger partial charge on any atom is -0.350 e. The lowest BCUT2D eigenvalue weighted by molar-refractivity contribution is -0.120. The summed E-state index contributed by atoms with van der Waals surface area (Å²) in [6.07, 6.45) is 2.04. The topological polar surface area (TPSA) is 70.2 Å². The summed E-state index contributed by atoms with van der Waals surface area (Å²) in [6, 6.07) is 7.29. The molecule has 1 aromatic carbocycles. The summed E-state index contributed by atoms with van der Waals surface area (Å²) in [7, 11) is 0. The van der Waals surface area contributed by atoms with Gasteiger partial charge in [0.25, 0.3) is 0 Å². The zero-order chi connectivity index (χ0) is 13.7. The molecule has 3 N–H and O–H groups in total. The third-order valence-corrected chi connectivity index (χ3v) is 3.12. The van der Waals surface area contributed by atoms with Crippen LogP contribution in [0.25, 0.3) is 0 Å². The molecule has 0 saturated heterocycles. The number of hydrogen-bond acceptors (Lipinski definition) is 2. The number of nitrogens with one attached hydrogen (secondary N) is 3. The van der Waals surface area contributed by atoms with Gasteiger partial charge in [0.05, 0.1) is 6.54 Å². The van der Waals surface area contributed by atoms with Crippen molar-refractivity contribution in [2.75, 3.05) is 6.54 Å². The van der Waals surface area contributed by atoms with Crippen molar-refractivity contribution in [3.8, 4) is 0 Å². The highest BCUT2D eigenvalue weighted by Crippen LogP contribution is 2.18. The second kappa shape index (κ2) is 6.43. The molecule has 0 unspecified atom stereocenters. The number of benzene rings is 1. The summed E-state index contributed by atoms with van der Waals surface area (Å²) in [5, 5.41) is 8.56. The average Bonchev–Trinajstić information content (AvgIpc) is 3.19. The van der Waals surface area contributed by atoms with Gasteiger partial charge < -0.3 is 16.0 Å². The first kappa shape index (κ1) is 13.7. The van der Waals surface area contributed by atoms with Crippen LogP contribution in [0, 0.1) is 0 Å². The summed E-state index contributed by atoms with van der Waals surface area (Å²) in [5.74, 6) is -0.245. The smallest absolute Gasteiger partial charge is 0.315 e. The molecule has 0 aliphatic heterocycles. The van der Waals surface area contributed by atoms with Crippen molar-refractivity contribution in [3.63, 3.8) is 0 Å². The Hall–Kier alpha value is -1.75. The van der Waals surface area contributed by atoms with Gasteiger partial charge in [-0.15, -0.1) is 0 Å². The van der Waals surface area contributed by atoms with E-state index >= 15 is 0 Å². The number of urea groups is 1. The van der Waals surface area contributed by atoms with E-state index in [2.05, 4.69) is 16.0 Å². The molecule has 0 spiro atoms. The SMILES string of the molecule is O=C(CNC(=O)NC1CC1)NCc1ccccc1Cl. The minimum atomic E-state index is -0.296. The number of rotatable bonds is 5. The fraction of sp³-hybridized carbons (Fsp3) is 0.385. The first-order valence-electron chi connectivity index (χ1n) is 6.19. The van der Waals surface area contributed by atoms with Crippen molar-refractivity contribution in [1.82, 2.24) is 16.0 Å². The molecular formula is C13H16ClN3O2. The van der Waals surface area contributed by atoms with Crippen LogP contribution < -0.4 is 16.0 Å². The van der Waals surface area contributed by atoms with Gasteiger partial charge in [0, 0.05) is 17.6 Å². The van der Waals surface area contributed by atoms with E-state index in [-0.39, 0.29) is 24.5 Å². The zero-order valence-corrected chi connectivity index (χ0v) is 11.2. The van der Waals surface area contributed by atoms with Crippen molar-refractivity contribution < 1.29 is 9.59 Å². The van der Waals surface area contributed by atoms with Crippen molar-refractivity contribution in [2.24, 2.45) is 0 Å². The van der Waals surface area contributed by atoms with Crippen LogP contribution in [0.1, 0.15) is 18.4 Å². The van der Waals surface area contributed by atoms with Gasteiger partial charge in [-0.3, -0.25) is 4.79 Å². The van der Waals surface area contributed by atoms with Gasteiger partial charge in [0.1, 0.15) is 0 Å². The maximum atomic E-state index is 11.5. The summed E-state index contributed by atoms with van der Waals surface area (Å²) < 4.78 is 0. The molecule has 3 amide bonds. The molecule has 102 valence electrons. The van der Waals surface area contributed by atoms with Crippen molar-refractivity contribution in [2.45, 2.75) is 25.4 Å². The van der Waals surface area contributed by atoms with E-state index in [1.54, 1.807) is 6.07 Å². The molecule has 0 atom stereocenters. The fourth-order valence-corrected chi connectivity index (χ4v) is 1.73. The lowest BCUT2D eigenvalue weighted by Crippen LogP contribution is -2.42. The van der Waals surface area contributed by atoms with Crippen LogP contribution in [0.4, 0.5) is 4.79 Å². The number of carbonyl (C=O) groups excluding carboxylic acids is 2. The first-order valence-corrected chi connectivity index (χ1v) is 6.57. The Balaban J connectivity index is 1.66. The Morgan fingerprint density at radius 2 is 1.95 bits per heavy atom. The molecule has 5 nitrogen and oxygen atoms in total. The van der Waals surface area contributed by atoms with E-state index in [1.807, 2.05) is 18.2 Å². The van der Waals surface area contributed by atoms with E-state index in [4.69, 9.17) is 11.6 Å². The zero-order valence-electron chi connectivity index (χ0n) is 10.4. The predicted octanol–water partition coefficient (Wildman–Crippen LogP) is 1.42. The highest BCUT2D eigenvalue weighted by atomic mass is 35.5. The van der Waals surface area contributed by atoms with Crippen LogP contribution in [-0.2, 0) is 11.3 Å². The first-order chi connectivity index (χ1) is 9.15. The molecule has 1 saturated carbocycles. The van der Waals surface area contributed by atoms with Gasteiger partial charge >= 0.3 is 6.03 Å². The highest BCUT2D eigenvalue weighted by molar-refractivity contribution is 6.31. The van der Waals surface area contributed by atoms with E-state index < -0.39 is 0 Å². The molecule has 1 aliphatic carbocycles. The van der Waals surface area contributed by atoms with Crippen LogP contribution in [0.5, 0.6) is 0 Å². The highest BCUT2D eigenvalue weighted by Gasteiger charge is 2.23. The maximum absolute atomic E-state index is 11.5. The molecule has 1 fully saturated rings. The van der Waals surface area contributed by atoms with Crippen LogP contribution in [0.3, 0.4) is 0 Å². The maximum Gasteiger partial charge on any atom is 0.315 e. The van der Waals surface area contributed by atoms with Crippen LogP contribution >= 0.6 is 11.6 Å². The van der Waals surface area contributed by atoms with Gasteiger partial charge in [-0.25, -0.2) is 4.79 Å². The van der Waals surface area contributed by atoms with E-state index in [1.165, 1.54) is 0 Å². The largest absolute Gasteiger partial charge is 0.350 e. The van der Waals surface area contributed by atoms with Crippen LogP contribution in [0.15, 0.2) is 24.3 Å². The number of halogens is 1. The number of hydrogen-bond donors (Lipinski definition) is 3. The Labute approximate surface area is 116 Å². The monoisotopic (exact) mass is 281 g/mol. The van der Waals surface area contributed by atoms with Gasteiger partial charge in [-0.1, -0.05) is 29.8 Å². The van der Waals surface area contributed by atoms with Gasteiger partial charge in [-0.2, -0.15) is 0 Å². The van der Waals surface area contributed by atoms with Gasteiger partial charge in [0.2, 0.25) is 5.91 Å². The normalized spacial score (nSPS) is 13.7. The molecule has 0 radical (unpaired) electrons. The summed E-state index contributed by atoms with van der Waals surface area (Å²) in [5.41, 5.74) is 0.847. The van der Waals surface area contributed by atoms with Crippen LogP contribution in [0.2, 0.25) is 5.02 Å². The van der Waals surface area contributed by atoms with Gasteiger partial charge in [0.15, 0.2) is 0 Å². The van der Waals surface area contributed by atoms with Crippen LogP contribution in [-0.4, -0.2) is 24.5 Å². The second-order valence-electron chi connectivity index (χ2n) is 4.47. The van der Waals surface area contributed by atoms with Crippen molar-refractivity contribution in [1.29, 1.82) is 0 Å². The summed E-state index contributed by atoms with van der Waals surface area (Å²) in [4.78, 5) is 22.8. The average molecular weight is 282 g/mol. The summed E-state index contributed by atoms with van der Waals surface area (Å²) >= 11 is 5.97. The predicted molar refractivity (Wildman–Crippen MR) is 72.9 cm³/mol.